The van der Waals surface area contributed by atoms with Gasteiger partial charge in [0, 0.05) is 18.8 Å². The third-order valence-corrected chi connectivity index (χ3v) is 4.79. The molecule has 1 atom stereocenters. The number of hydrogen-bond acceptors (Lipinski definition) is 5. The minimum atomic E-state index is -0.0942. The summed E-state index contributed by atoms with van der Waals surface area (Å²) in [4.78, 5) is 21.6. The van der Waals surface area contributed by atoms with Crippen LogP contribution in [-0.2, 0) is 0 Å². The highest BCUT2D eigenvalue weighted by atomic mass is 32.1. The Morgan fingerprint density at radius 3 is 3.00 bits per heavy atom. The van der Waals surface area contributed by atoms with Crippen molar-refractivity contribution in [1.29, 1.82) is 0 Å². The Morgan fingerprint density at radius 1 is 1.52 bits per heavy atom. The van der Waals surface area contributed by atoms with Gasteiger partial charge in [-0.15, -0.1) is 11.3 Å². The summed E-state index contributed by atoms with van der Waals surface area (Å²) < 4.78 is 0. The average Bonchev–Trinajstić information content (AvgIpc) is 3.28. The summed E-state index contributed by atoms with van der Waals surface area (Å²) >= 11 is 1.37. The van der Waals surface area contributed by atoms with Crippen molar-refractivity contribution in [3.63, 3.8) is 0 Å². The monoisotopic (exact) mass is 302 g/mol. The second-order valence-electron chi connectivity index (χ2n) is 5.36. The summed E-state index contributed by atoms with van der Waals surface area (Å²) in [5, 5.41) is 3.68. The first-order valence-corrected chi connectivity index (χ1v) is 7.89. The van der Waals surface area contributed by atoms with Gasteiger partial charge in [-0.05, 0) is 37.8 Å². The van der Waals surface area contributed by atoms with Crippen LogP contribution in [-0.4, -0.2) is 28.5 Å². The van der Waals surface area contributed by atoms with Gasteiger partial charge in [0.2, 0.25) is 0 Å². The first-order chi connectivity index (χ1) is 10.1. The SMILES string of the molecule is Cc1nc(-c2ccccn2)sc1C(=O)NCC(N)C1CC1. The number of rotatable bonds is 5. The quantitative estimate of drug-likeness (QED) is 0.885. The molecule has 0 spiro atoms. The number of aromatic nitrogens is 2. The molecule has 0 bridgehead atoms. The van der Waals surface area contributed by atoms with Gasteiger partial charge in [0.25, 0.3) is 5.91 Å². The van der Waals surface area contributed by atoms with E-state index in [2.05, 4.69) is 15.3 Å². The number of hydrogen-bond donors (Lipinski definition) is 2. The third-order valence-electron chi connectivity index (χ3n) is 3.61. The smallest absolute Gasteiger partial charge is 0.263 e. The summed E-state index contributed by atoms with van der Waals surface area (Å²) in [6, 6.07) is 5.73. The van der Waals surface area contributed by atoms with Gasteiger partial charge in [-0.3, -0.25) is 9.78 Å². The zero-order chi connectivity index (χ0) is 14.8. The highest BCUT2D eigenvalue weighted by Gasteiger charge is 2.28. The van der Waals surface area contributed by atoms with Crippen LogP contribution in [0.1, 0.15) is 28.2 Å². The van der Waals surface area contributed by atoms with Crippen molar-refractivity contribution in [2.45, 2.75) is 25.8 Å². The van der Waals surface area contributed by atoms with Crippen LogP contribution in [0.5, 0.6) is 0 Å². The molecule has 1 aliphatic carbocycles. The topological polar surface area (TPSA) is 80.9 Å². The van der Waals surface area contributed by atoms with E-state index >= 15 is 0 Å². The third kappa shape index (κ3) is 3.28. The lowest BCUT2D eigenvalue weighted by Crippen LogP contribution is -2.38. The van der Waals surface area contributed by atoms with Crippen molar-refractivity contribution in [2.75, 3.05) is 6.54 Å². The Bertz CT molecular complexity index is 636. The van der Waals surface area contributed by atoms with Crippen LogP contribution in [0.25, 0.3) is 10.7 Å². The molecule has 6 heteroatoms. The minimum Gasteiger partial charge on any atom is -0.350 e. The number of nitrogens with zero attached hydrogens (tertiary/aromatic N) is 2. The van der Waals surface area contributed by atoms with Gasteiger partial charge in [0.15, 0.2) is 0 Å². The number of aryl methyl sites for hydroxylation is 1. The Morgan fingerprint density at radius 2 is 2.33 bits per heavy atom. The molecule has 0 aliphatic heterocycles. The van der Waals surface area contributed by atoms with Gasteiger partial charge >= 0.3 is 0 Å². The van der Waals surface area contributed by atoms with Crippen LogP contribution >= 0.6 is 11.3 Å². The molecule has 1 saturated carbocycles. The molecule has 0 saturated heterocycles. The largest absolute Gasteiger partial charge is 0.350 e. The fraction of sp³-hybridized carbons (Fsp3) is 0.400. The van der Waals surface area contributed by atoms with E-state index in [4.69, 9.17) is 5.73 Å². The lowest BCUT2D eigenvalue weighted by atomic mass is 10.2. The van der Waals surface area contributed by atoms with E-state index in [1.807, 2.05) is 25.1 Å². The maximum atomic E-state index is 12.2. The fourth-order valence-electron chi connectivity index (χ4n) is 2.19. The number of carbonyl (C=O) groups is 1. The molecule has 3 rings (SSSR count). The summed E-state index contributed by atoms with van der Waals surface area (Å²) in [7, 11) is 0. The lowest BCUT2D eigenvalue weighted by molar-refractivity contribution is 0.0953. The van der Waals surface area contributed by atoms with Crippen molar-refractivity contribution >= 4 is 17.2 Å². The Labute approximate surface area is 127 Å². The highest BCUT2D eigenvalue weighted by molar-refractivity contribution is 7.17. The summed E-state index contributed by atoms with van der Waals surface area (Å²) in [6.45, 7) is 2.37. The molecule has 5 nitrogen and oxygen atoms in total. The molecule has 2 aromatic rings. The van der Waals surface area contributed by atoms with Crippen LogP contribution in [0.3, 0.4) is 0 Å². The first-order valence-electron chi connectivity index (χ1n) is 7.08. The van der Waals surface area contributed by atoms with E-state index in [0.29, 0.717) is 17.3 Å². The van der Waals surface area contributed by atoms with Crippen molar-refractivity contribution in [3.8, 4) is 10.7 Å². The van der Waals surface area contributed by atoms with E-state index in [1.165, 1.54) is 24.2 Å². The summed E-state index contributed by atoms with van der Waals surface area (Å²) in [5.74, 6) is 0.486. The van der Waals surface area contributed by atoms with Crippen LogP contribution in [0, 0.1) is 12.8 Å². The lowest BCUT2D eigenvalue weighted by Gasteiger charge is -2.10. The molecule has 3 N–H and O–H groups in total. The molecule has 110 valence electrons. The van der Waals surface area contributed by atoms with Gasteiger partial charge in [-0.25, -0.2) is 4.98 Å². The predicted molar refractivity (Wildman–Crippen MR) is 83.1 cm³/mol. The van der Waals surface area contributed by atoms with Gasteiger partial charge in [-0.2, -0.15) is 0 Å². The number of nitrogens with one attached hydrogen (secondary N) is 1. The maximum absolute atomic E-state index is 12.2. The minimum absolute atomic E-state index is 0.0671. The average molecular weight is 302 g/mol. The molecular weight excluding hydrogens is 284 g/mol. The van der Waals surface area contributed by atoms with Crippen molar-refractivity contribution in [3.05, 3.63) is 35.0 Å². The molecule has 0 radical (unpaired) electrons. The number of amides is 1. The van der Waals surface area contributed by atoms with Crippen LogP contribution in [0.15, 0.2) is 24.4 Å². The highest BCUT2D eigenvalue weighted by Crippen LogP contribution is 2.31. The predicted octanol–water partition coefficient (Wildman–Crippen LogP) is 1.98. The molecule has 2 aromatic heterocycles. The van der Waals surface area contributed by atoms with Gasteiger partial charge < -0.3 is 11.1 Å². The molecule has 1 fully saturated rings. The normalized spacial score (nSPS) is 15.7. The van der Waals surface area contributed by atoms with Crippen molar-refractivity contribution in [2.24, 2.45) is 11.7 Å². The van der Waals surface area contributed by atoms with Crippen molar-refractivity contribution in [1.82, 2.24) is 15.3 Å². The molecule has 2 heterocycles. The Balaban J connectivity index is 1.70. The molecule has 0 aromatic carbocycles. The molecule has 1 amide bonds. The fourth-order valence-corrected chi connectivity index (χ4v) is 3.15. The Hall–Kier alpha value is -1.79. The van der Waals surface area contributed by atoms with Crippen LogP contribution in [0.2, 0.25) is 0 Å². The van der Waals surface area contributed by atoms with Crippen LogP contribution in [0.4, 0.5) is 0 Å². The number of pyridine rings is 1. The number of carbonyl (C=O) groups excluding carboxylic acids is 1. The Kier molecular flexibility index (Phi) is 3.98. The van der Waals surface area contributed by atoms with Gasteiger partial charge in [0.1, 0.15) is 9.88 Å². The number of thiazole rings is 1. The first kappa shape index (κ1) is 14.2. The van der Waals surface area contributed by atoms with E-state index < -0.39 is 0 Å². The molecule has 21 heavy (non-hydrogen) atoms. The molecular formula is C15H18N4OS. The molecule has 1 aliphatic rings. The van der Waals surface area contributed by atoms with Gasteiger partial charge in [-0.1, -0.05) is 6.07 Å². The van der Waals surface area contributed by atoms with Gasteiger partial charge in [0.05, 0.1) is 11.4 Å². The summed E-state index contributed by atoms with van der Waals surface area (Å²) in [6.07, 6.45) is 4.08. The second-order valence-corrected chi connectivity index (χ2v) is 6.36. The molecule has 1 unspecified atom stereocenters. The standard InChI is InChI=1S/C15H18N4OS/c1-9-13(14(20)18-8-11(16)10-5-6-10)21-15(19-9)12-4-2-3-7-17-12/h2-4,7,10-11H,5-6,8,16H2,1H3,(H,18,20). The van der Waals surface area contributed by atoms with Crippen molar-refractivity contribution < 1.29 is 4.79 Å². The van der Waals surface area contributed by atoms with E-state index in [0.717, 1.165) is 16.4 Å². The maximum Gasteiger partial charge on any atom is 0.263 e. The van der Waals surface area contributed by atoms with Crippen LogP contribution < -0.4 is 11.1 Å². The van der Waals surface area contributed by atoms with E-state index in [-0.39, 0.29) is 11.9 Å². The van der Waals surface area contributed by atoms with E-state index in [1.54, 1.807) is 6.20 Å². The second kappa shape index (κ2) is 5.91. The zero-order valence-electron chi connectivity index (χ0n) is 11.9. The van der Waals surface area contributed by atoms with E-state index in [9.17, 15) is 4.79 Å². The zero-order valence-corrected chi connectivity index (χ0v) is 12.7. The summed E-state index contributed by atoms with van der Waals surface area (Å²) in [5.41, 5.74) is 7.53. The number of nitrogens with two attached hydrogens (primary N) is 1.